The van der Waals surface area contributed by atoms with Crippen molar-refractivity contribution in [1.29, 1.82) is 0 Å². The van der Waals surface area contributed by atoms with Crippen molar-refractivity contribution in [3.05, 3.63) is 0 Å². The van der Waals surface area contributed by atoms with Crippen LogP contribution in [0.15, 0.2) is 0 Å². The summed E-state index contributed by atoms with van der Waals surface area (Å²) in [6.07, 6.45) is -0.278. The summed E-state index contributed by atoms with van der Waals surface area (Å²) in [5.74, 6) is 0. The van der Waals surface area contributed by atoms with Gasteiger partial charge in [-0.2, -0.15) is 0 Å². The first kappa shape index (κ1) is 11.6. The van der Waals surface area contributed by atoms with E-state index in [4.69, 9.17) is 15.2 Å². The topological polar surface area (TPSA) is 76.8 Å². The first-order valence-electron chi connectivity index (χ1n) is 5.69. The van der Waals surface area contributed by atoms with Crippen LogP contribution in [0.1, 0.15) is 6.92 Å². The van der Waals surface area contributed by atoms with Crippen molar-refractivity contribution in [2.24, 2.45) is 5.73 Å². The lowest BCUT2D eigenvalue weighted by molar-refractivity contribution is -0.0461. The van der Waals surface area contributed by atoms with Gasteiger partial charge in [-0.05, 0) is 6.92 Å². The van der Waals surface area contributed by atoms with Crippen LogP contribution in [-0.4, -0.2) is 62.0 Å². The van der Waals surface area contributed by atoms with Gasteiger partial charge in [-0.25, -0.2) is 4.79 Å². The summed E-state index contributed by atoms with van der Waals surface area (Å²) in [4.78, 5) is 13.1. The molecular weight excluding hydrogens is 210 g/mol. The molecule has 2 heterocycles. The van der Waals surface area contributed by atoms with Gasteiger partial charge >= 0.3 is 6.09 Å². The number of hydrogen-bond donors (Lipinski definition) is 2. The molecule has 6 heteroatoms. The second-order valence-electron chi connectivity index (χ2n) is 4.44. The zero-order valence-corrected chi connectivity index (χ0v) is 9.52. The molecule has 3 N–H and O–H groups in total. The Kier molecular flexibility index (Phi) is 3.63. The average Bonchev–Trinajstić information content (AvgIpc) is 2.64. The van der Waals surface area contributed by atoms with Gasteiger partial charge in [0, 0.05) is 25.7 Å². The Morgan fingerprint density at radius 1 is 1.69 bits per heavy atom. The molecule has 2 saturated heterocycles. The van der Waals surface area contributed by atoms with E-state index in [1.807, 2.05) is 6.92 Å². The van der Waals surface area contributed by atoms with Gasteiger partial charge in [-0.1, -0.05) is 0 Å². The molecule has 0 saturated carbocycles. The fourth-order valence-corrected chi connectivity index (χ4v) is 2.04. The SMILES string of the molecule is CC(N)C1CN(CC2CNC(=O)O2)CCO1. The van der Waals surface area contributed by atoms with Crippen LogP contribution in [0.25, 0.3) is 0 Å². The van der Waals surface area contributed by atoms with E-state index in [0.29, 0.717) is 13.2 Å². The standard InChI is InChI=1S/C10H19N3O3/c1-7(11)9-6-13(2-3-15-9)5-8-4-12-10(14)16-8/h7-9H,2-6,11H2,1H3,(H,12,14). The Balaban J connectivity index is 1.79. The molecule has 0 spiro atoms. The zero-order chi connectivity index (χ0) is 11.5. The fraction of sp³-hybridized carbons (Fsp3) is 0.900. The van der Waals surface area contributed by atoms with E-state index in [2.05, 4.69) is 10.2 Å². The number of rotatable bonds is 3. The highest BCUT2D eigenvalue weighted by Gasteiger charge is 2.29. The maximum Gasteiger partial charge on any atom is 0.407 e. The van der Waals surface area contributed by atoms with Gasteiger partial charge in [0.15, 0.2) is 0 Å². The van der Waals surface area contributed by atoms with Gasteiger partial charge in [0.05, 0.1) is 19.3 Å². The van der Waals surface area contributed by atoms with Crippen molar-refractivity contribution in [2.75, 3.05) is 32.8 Å². The fourth-order valence-electron chi connectivity index (χ4n) is 2.04. The maximum atomic E-state index is 10.9. The number of alkyl carbamates (subject to hydrolysis) is 1. The normalized spacial score (nSPS) is 33.2. The molecule has 2 rings (SSSR count). The summed E-state index contributed by atoms with van der Waals surface area (Å²) < 4.78 is 10.7. The van der Waals surface area contributed by atoms with Crippen LogP contribution in [0.3, 0.4) is 0 Å². The van der Waals surface area contributed by atoms with Crippen molar-refractivity contribution in [3.63, 3.8) is 0 Å². The smallest absolute Gasteiger partial charge is 0.407 e. The van der Waals surface area contributed by atoms with E-state index < -0.39 is 0 Å². The molecule has 6 nitrogen and oxygen atoms in total. The summed E-state index contributed by atoms with van der Waals surface area (Å²) in [7, 11) is 0. The van der Waals surface area contributed by atoms with E-state index in [-0.39, 0.29) is 24.3 Å². The van der Waals surface area contributed by atoms with Crippen molar-refractivity contribution in [3.8, 4) is 0 Å². The molecule has 2 aliphatic rings. The van der Waals surface area contributed by atoms with Crippen molar-refractivity contribution >= 4 is 6.09 Å². The first-order valence-corrected chi connectivity index (χ1v) is 5.69. The van der Waals surface area contributed by atoms with E-state index in [1.54, 1.807) is 0 Å². The van der Waals surface area contributed by atoms with E-state index in [9.17, 15) is 4.79 Å². The van der Waals surface area contributed by atoms with Gasteiger partial charge in [0.1, 0.15) is 6.10 Å². The van der Waals surface area contributed by atoms with E-state index in [1.165, 1.54) is 0 Å². The van der Waals surface area contributed by atoms with Crippen molar-refractivity contribution in [2.45, 2.75) is 25.2 Å². The molecule has 0 bridgehead atoms. The monoisotopic (exact) mass is 229 g/mol. The predicted molar refractivity (Wildman–Crippen MR) is 58.1 cm³/mol. The van der Waals surface area contributed by atoms with Crippen LogP contribution in [0, 0.1) is 0 Å². The molecule has 3 atom stereocenters. The number of nitrogens with two attached hydrogens (primary N) is 1. The number of hydrogen-bond acceptors (Lipinski definition) is 5. The highest BCUT2D eigenvalue weighted by atomic mass is 16.6. The van der Waals surface area contributed by atoms with Crippen LogP contribution in [0.4, 0.5) is 4.79 Å². The number of carbonyl (C=O) groups is 1. The molecule has 1 amide bonds. The van der Waals surface area contributed by atoms with Gasteiger partial charge in [0.25, 0.3) is 0 Å². The van der Waals surface area contributed by atoms with E-state index >= 15 is 0 Å². The van der Waals surface area contributed by atoms with Gasteiger partial charge in [0.2, 0.25) is 0 Å². The van der Waals surface area contributed by atoms with E-state index in [0.717, 1.165) is 19.6 Å². The molecule has 0 radical (unpaired) electrons. The summed E-state index contributed by atoms with van der Waals surface area (Å²) in [6, 6.07) is 0.0343. The Bertz CT molecular complexity index is 260. The molecule has 2 aliphatic heterocycles. The molecule has 0 aromatic heterocycles. The predicted octanol–water partition coefficient (Wildman–Crippen LogP) is -0.857. The Morgan fingerprint density at radius 2 is 2.50 bits per heavy atom. The molecule has 16 heavy (non-hydrogen) atoms. The Hall–Kier alpha value is -0.850. The summed E-state index contributed by atoms with van der Waals surface area (Å²) in [6.45, 7) is 5.68. The number of amides is 1. The minimum absolute atomic E-state index is 0.0343. The quantitative estimate of drug-likeness (QED) is 0.658. The Morgan fingerprint density at radius 3 is 3.12 bits per heavy atom. The summed E-state index contributed by atoms with van der Waals surface area (Å²) in [5, 5.41) is 2.65. The van der Waals surface area contributed by atoms with Crippen LogP contribution in [0.2, 0.25) is 0 Å². The second-order valence-corrected chi connectivity index (χ2v) is 4.44. The lowest BCUT2D eigenvalue weighted by Crippen LogP contribution is -2.51. The molecular formula is C10H19N3O3. The number of nitrogens with one attached hydrogen (secondary N) is 1. The molecule has 2 fully saturated rings. The third-order valence-corrected chi connectivity index (χ3v) is 2.97. The highest BCUT2D eigenvalue weighted by Crippen LogP contribution is 2.10. The minimum atomic E-state index is -0.318. The summed E-state index contributed by atoms with van der Waals surface area (Å²) >= 11 is 0. The maximum absolute atomic E-state index is 10.9. The number of morpholine rings is 1. The highest BCUT2D eigenvalue weighted by molar-refractivity contribution is 5.69. The largest absolute Gasteiger partial charge is 0.443 e. The van der Waals surface area contributed by atoms with Crippen molar-refractivity contribution < 1.29 is 14.3 Å². The lowest BCUT2D eigenvalue weighted by atomic mass is 10.1. The summed E-state index contributed by atoms with van der Waals surface area (Å²) in [5.41, 5.74) is 5.81. The van der Waals surface area contributed by atoms with Gasteiger partial charge in [-0.3, -0.25) is 4.90 Å². The zero-order valence-electron chi connectivity index (χ0n) is 9.52. The van der Waals surface area contributed by atoms with Crippen LogP contribution < -0.4 is 11.1 Å². The number of ether oxygens (including phenoxy) is 2. The number of cyclic esters (lactones) is 1. The third kappa shape index (κ3) is 2.84. The first-order chi connectivity index (χ1) is 7.65. The minimum Gasteiger partial charge on any atom is -0.443 e. The average molecular weight is 229 g/mol. The lowest BCUT2D eigenvalue weighted by Gasteiger charge is -2.35. The number of nitrogens with zero attached hydrogens (tertiary/aromatic N) is 1. The molecule has 0 aliphatic carbocycles. The van der Waals surface area contributed by atoms with Crippen LogP contribution >= 0.6 is 0 Å². The third-order valence-electron chi connectivity index (χ3n) is 2.97. The number of carbonyl (C=O) groups excluding carboxylic acids is 1. The molecule has 3 unspecified atom stereocenters. The van der Waals surface area contributed by atoms with Crippen LogP contribution in [0.5, 0.6) is 0 Å². The van der Waals surface area contributed by atoms with Gasteiger partial charge in [-0.15, -0.1) is 0 Å². The van der Waals surface area contributed by atoms with Crippen LogP contribution in [-0.2, 0) is 9.47 Å². The molecule has 0 aromatic carbocycles. The molecule has 0 aromatic rings. The second kappa shape index (κ2) is 4.99. The van der Waals surface area contributed by atoms with Gasteiger partial charge < -0.3 is 20.5 Å². The molecule has 92 valence electrons. The van der Waals surface area contributed by atoms with Crippen molar-refractivity contribution in [1.82, 2.24) is 10.2 Å². The Labute approximate surface area is 95.1 Å².